The summed E-state index contributed by atoms with van der Waals surface area (Å²) in [6.07, 6.45) is 0.915. The van der Waals surface area contributed by atoms with Crippen molar-refractivity contribution in [2.45, 2.75) is 32.5 Å². The second-order valence-corrected chi connectivity index (χ2v) is 8.93. The average molecular weight is 462 g/mol. The third-order valence-corrected chi connectivity index (χ3v) is 6.50. The first kappa shape index (κ1) is 22.6. The van der Waals surface area contributed by atoms with Crippen molar-refractivity contribution in [3.8, 4) is 34.1 Å². The second kappa shape index (κ2) is 9.95. The van der Waals surface area contributed by atoms with Crippen molar-refractivity contribution in [1.82, 2.24) is 4.90 Å². The Bertz CT molecular complexity index is 1160. The van der Waals surface area contributed by atoms with Gasteiger partial charge in [-0.05, 0) is 53.9 Å². The van der Waals surface area contributed by atoms with Gasteiger partial charge in [-0.2, -0.15) is 0 Å². The Kier molecular flexibility index (Phi) is 6.61. The van der Waals surface area contributed by atoms with E-state index in [0.717, 1.165) is 53.5 Å². The van der Waals surface area contributed by atoms with E-state index in [1.54, 1.807) is 19.2 Å². The Hall–Kier alpha value is -3.22. The van der Waals surface area contributed by atoms with Crippen molar-refractivity contribution < 1.29 is 24.1 Å². The summed E-state index contributed by atoms with van der Waals surface area (Å²) in [6, 6.07) is 18.0. The molecule has 5 rings (SSSR count). The number of ether oxygens (including phenoxy) is 4. The van der Waals surface area contributed by atoms with Crippen molar-refractivity contribution in [2.75, 3.05) is 33.5 Å². The predicted octanol–water partition coefficient (Wildman–Crippen LogP) is 4.94. The molecular weight excluding hydrogens is 430 g/mol. The van der Waals surface area contributed by atoms with Gasteiger partial charge in [-0.15, -0.1) is 0 Å². The van der Waals surface area contributed by atoms with Crippen molar-refractivity contribution in [3.63, 3.8) is 0 Å². The summed E-state index contributed by atoms with van der Waals surface area (Å²) >= 11 is 0. The first-order valence-electron chi connectivity index (χ1n) is 11.8. The minimum Gasteiger partial charge on any atom is -0.508 e. The van der Waals surface area contributed by atoms with Gasteiger partial charge in [0.05, 0.1) is 20.3 Å². The van der Waals surface area contributed by atoms with Crippen LogP contribution < -0.4 is 14.2 Å². The average Bonchev–Trinajstić information content (AvgIpc) is 3.26. The number of methoxy groups -OCH3 is 1. The number of nitrogens with zero attached hydrogens (tertiary/aromatic N) is 1. The lowest BCUT2D eigenvalue weighted by atomic mass is 9.97. The summed E-state index contributed by atoms with van der Waals surface area (Å²) in [4.78, 5) is 2.28. The molecule has 0 bridgehead atoms. The molecule has 6 heteroatoms. The third kappa shape index (κ3) is 4.83. The van der Waals surface area contributed by atoms with E-state index >= 15 is 0 Å². The highest BCUT2D eigenvalue weighted by Crippen LogP contribution is 2.40. The highest BCUT2D eigenvalue weighted by atomic mass is 16.6. The molecule has 0 unspecified atom stereocenters. The van der Waals surface area contributed by atoms with Crippen LogP contribution in [0.3, 0.4) is 0 Å². The number of fused-ring (bicyclic) bond motifs is 1. The maximum atomic E-state index is 10.4. The number of phenolic OH excluding ortho intramolecular Hbond substituents is 1. The number of rotatable bonds is 6. The van der Waals surface area contributed by atoms with Gasteiger partial charge in [0.15, 0.2) is 11.5 Å². The van der Waals surface area contributed by atoms with Crippen LogP contribution in [0.5, 0.6) is 23.0 Å². The smallest absolute Gasteiger partial charge is 0.165 e. The summed E-state index contributed by atoms with van der Waals surface area (Å²) in [5.74, 6) is 2.58. The fourth-order valence-corrected chi connectivity index (χ4v) is 4.65. The first-order chi connectivity index (χ1) is 16.6. The van der Waals surface area contributed by atoms with E-state index in [-0.39, 0.29) is 11.9 Å². The molecule has 1 atom stereocenters. The number of phenols is 1. The van der Waals surface area contributed by atoms with Crippen LogP contribution in [0.25, 0.3) is 11.1 Å². The van der Waals surface area contributed by atoms with Gasteiger partial charge in [0.1, 0.15) is 24.2 Å². The molecule has 0 spiro atoms. The Labute approximate surface area is 200 Å². The van der Waals surface area contributed by atoms with Crippen LogP contribution in [-0.2, 0) is 17.8 Å². The summed E-state index contributed by atoms with van der Waals surface area (Å²) in [5, 5.41) is 10.4. The van der Waals surface area contributed by atoms with Gasteiger partial charge in [0.25, 0.3) is 0 Å². The lowest BCUT2D eigenvalue weighted by Gasteiger charge is -2.21. The zero-order chi connectivity index (χ0) is 23.5. The molecule has 1 fully saturated rings. The van der Waals surface area contributed by atoms with Crippen LogP contribution in [0.2, 0.25) is 0 Å². The van der Waals surface area contributed by atoms with Gasteiger partial charge in [-0.1, -0.05) is 24.3 Å². The van der Waals surface area contributed by atoms with E-state index < -0.39 is 0 Å². The highest BCUT2D eigenvalue weighted by molar-refractivity contribution is 5.72. The van der Waals surface area contributed by atoms with E-state index in [9.17, 15) is 5.11 Å². The fraction of sp³-hybridized carbons (Fsp3) is 0.357. The van der Waals surface area contributed by atoms with Crippen LogP contribution in [0.4, 0.5) is 0 Å². The number of aromatic hydroxyl groups is 1. The summed E-state index contributed by atoms with van der Waals surface area (Å²) in [5.41, 5.74) is 5.41. The Morgan fingerprint density at radius 1 is 1.09 bits per heavy atom. The normalized spacial score (nSPS) is 18.1. The first-order valence-corrected chi connectivity index (χ1v) is 11.8. The molecule has 2 aliphatic heterocycles. The monoisotopic (exact) mass is 461 g/mol. The molecule has 0 saturated carbocycles. The minimum absolute atomic E-state index is 0.0351. The number of hydrogen-bond donors (Lipinski definition) is 1. The quantitative estimate of drug-likeness (QED) is 0.561. The Morgan fingerprint density at radius 3 is 2.76 bits per heavy atom. The van der Waals surface area contributed by atoms with Gasteiger partial charge in [0, 0.05) is 37.2 Å². The molecule has 2 heterocycles. The van der Waals surface area contributed by atoms with Crippen molar-refractivity contribution >= 4 is 0 Å². The van der Waals surface area contributed by atoms with Crippen LogP contribution in [0, 0.1) is 6.92 Å². The third-order valence-electron chi connectivity index (χ3n) is 6.50. The molecule has 0 amide bonds. The van der Waals surface area contributed by atoms with Crippen molar-refractivity contribution in [2.24, 2.45) is 0 Å². The van der Waals surface area contributed by atoms with Gasteiger partial charge < -0.3 is 24.1 Å². The minimum atomic E-state index is 0.0351. The number of aryl methyl sites for hydroxylation is 1. The van der Waals surface area contributed by atoms with Crippen LogP contribution in [0.15, 0.2) is 54.6 Å². The van der Waals surface area contributed by atoms with Crippen LogP contribution in [-0.4, -0.2) is 49.6 Å². The van der Waals surface area contributed by atoms with E-state index in [1.807, 2.05) is 6.07 Å². The molecule has 1 saturated heterocycles. The maximum absolute atomic E-state index is 10.4. The Morgan fingerprint density at radius 2 is 1.97 bits per heavy atom. The van der Waals surface area contributed by atoms with Crippen LogP contribution in [0.1, 0.15) is 23.1 Å². The molecule has 6 nitrogen and oxygen atoms in total. The number of hydrogen-bond acceptors (Lipinski definition) is 6. The zero-order valence-corrected chi connectivity index (χ0v) is 19.8. The molecule has 0 aliphatic carbocycles. The van der Waals surface area contributed by atoms with Gasteiger partial charge in [0.2, 0.25) is 0 Å². The van der Waals surface area contributed by atoms with E-state index in [2.05, 4.69) is 48.2 Å². The van der Waals surface area contributed by atoms with Crippen LogP contribution >= 0.6 is 0 Å². The molecule has 3 aromatic rings. The summed E-state index contributed by atoms with van der Waals surface area (Å²) in [7, 11) is 1.64. The van der Waals surface area contributed by atoms with Crippen molar-refractivity contribution in [1.29, 1.82) is 0 Å². The molecule has 1 N–H and O–H groups in total. The molecule has 0 aromatic heterocycles. The molecular formula is C28H31NO5. The second-order valence-electron chi connectivity index (χ2n) is 8.93. The van der Waals surface area contributed by atoms with Gasteiger partial charge >= 0.3 is 0 Å². The lowest BCUT2D eigenvalue weighted by molar-refractivity contribution is 0.137. The zero-order valence-electron chi connectivity index (χ0n) is 19.8. The lowest BCUT2D eigenvalue weighted by Crippen LogP contribution is -2.25. The topological polar surface area (TPSA) is 60.4 Å². The van der Waals surface area contributed by atoms with Crippen molar-refractivity contribution in [3.05, 3.63) is 71.3 Å². The van der Waals surface area contributed by atoms with E-state index in [0.29, 0.717) is 26.3 Å². The molecule has 34 heavy (non-hydrogen) atoms. The standard InChI is InChI=1S/C28H31NO5/c1-19-5-3-4-6-25(19)20-13-22-17-29(16-21-14-23(31-2)7-8-26(21)30)10-12-33-28(22)27(15-20)34-24-9-11-32-18-24/h3-8,13-15,24,30H,9-12,16-18H2,1-2H3/t24-/m1/s1. The largest absolute Gasteiger partial charge is 0.508 e. The Balaban J connectivity index is 1.50. The predicted molar refractivity (Wildman–Crippen MR) is 131 cm³/mol. The number of benzene rings is 3. The summed E-state index contributed by atoms with van der Waals surface area (Å²) in [6.45, 7) is 6.00. The summed E-state index contributed by atoms with van der Waals surface area (Å²) < 4.78 is 23.6. The van der Waals surface area contributed by atoms with E-state index in [1.165, 1.54) is 11.1 Å². The molecule has 2 aliphatic rings. The van der Waals surface area contributed by atoms with E-state index in [4.69, 9.17) is 18.9 Å². The fourth-order valence-electron chi connectivity index (χ4n) is 4.65. The highest BCUT2D eigenvalue weighted by Gasteiger charge is 2.25. The van der Waals surface area contributed by atoms with Gasteiger partial charge in [-0.3, -0.25) is 4.90 Å². The molecule has 0 radical (unpaired) electrons. The van der Waals surface area contributed by atoms with Gasteiger partial charge in [-0.25, -0.2) is 0 Å². The maximum Gasteiger partial charge on any atom is 0.165 e. The molecule has 178 valence electrons. The SMILES string of the molecule is COc1ccc(O)c(CN2CCOc3c(cc(-c4ccccc4C)cc3O[C@@H]3CCOC3)C2)c1. The molecule has 3 aromatic carbocycles.